The van der Waals surface area contributed by atoms with Gasteiger partial charge in [-0.15, -0.1) is 0 Å². The maximum atomic E-state index is 11.9. The Morgan fingerprint density at radius 3 is 2.65 bits per heavy atom. The molecule has 0 aromatic heterocycles. The molecule has 0 aliphatic heterocycles. The standard InChI is InChI=1S/C11H15N3O2S/c1-11(2,13)8-14-17(15,16)10-5-3-4-9(6-10)7-12/h3-6,14H,8,13H2,1-2H3. The van der Waals surface area contributed by atoms with Gasteiger partial charge in [0, 0.05) is 12.1 Å². The molecular weight excluding hydrogens is 238 g/mol. The lowest BCUT2D eigenvalue weighted by molar-refractivity contribution is 0.498. The van der Waals surface area contributed by atoms with Crippen molar-refractivity contribution in [2.75, 3.05) is 6.54 Å². The average Bonchev–Trinajstić information content (AvgIpc) is 2.26. The monoisotopic (exact) mass is 253 g/mol. The fraction of sp³-hybridized carbons (Fsp3) is 0.364. The molecule has 0 saturated carbocycles. The molecule has 0 aliphatic carbocycles. The lowest BCUT2D eigenvalue weighted by Crippen LogP contribution is -2.45. The van der Waals surface area contributed by atoms with E-state index in [4.69, 9.17) is 11.0 Å². The summed E-state index contributed by atoms with van der Waals surface area (Å²) in [4.78, 5) is 0.0702. The molecule has 3 N–H and O–H groups in total. The molecule has 0 atom stereocenters. The van der Waals surface area contributed by atoms with E-state index in [0.29, 0.717) is 5.56 Å². The first-order valence-electron chi connectivity index (χ1n) is 5.03. The van der Waals surface area contributed by atoms with Crippen molar-refractivity contribution in [3.8, 4) is 6.07 Å². The summed E-state index contributed by atoms with van der Waals surface area (Å²) < 4.78 is 26.1. The molecule has 0 unspecified atom stereocenters. The number of nitrogens with zero attached hydrogens (tertiary/aromatic N) is 1. The second kappa shape index (κ2) is 4.84. The number of hydrogen-bond acceptors (Lipinski definition) is 4. The number of hydrogen-bond donors (Lipinski definition) is 2. The Hall–Kier alpha value is -1.42. The Morgan fingerprint density at radius 1 is 1.47 bits per heavy atom. The summed E-state index contributed by atoms with van der Waals surface area (Å²) in [7, 11) is -3.61. The maximum absolute atomic E-state index is 11.9. The first kappa shape index (κ1) is 13.6. The summed E-state index contributed by atoms with van der Waals surface area (Å²) in [5.41, 5.74) is 5.38. The van der Waals surface area contributed by atoms with E-state index in [9.17, 15) is 8.42 Å². The fourth-order valence-electron chi connectivity index (χ4n) is 1.10. The van der Waals surface area contributed by atoms with Crippen LogP contribution in [0.1, 0.15) is 19.4 Å². The van der Waals surface area contributed by atoms with Crippen LogP contribution < -0.4 is 10.5 Å². The van der Waals surface area contributed by atoms with Crippen LogP contribution in [-0.2, 0) is 10.0 Å². The van der Waals surface area contributed by atoms with Crippen molar-refractivity contribution in [3.05, 3.63) is 29.8 Å². The number of benzene rings is 1. The zero-order valence-corrected chi connectivity index (χ0v) is 10.6. The van der Waals surface area contributed by atoms with Crippen LogP contribution in [0.5, 0.6) is 0 Å². The number of rotatable bonds is 4. The van der Waals surface area contributed by atoms with Crippen LogP contribution in [0.25, 0.3) is 0 Å². The van der Waals surface area contributed by atoms with Gasteiger partial charge in [0.2, 0.25) is 10.0 Å². The van der Waals surface area contributed by atoms with Crippen molar-refractivity contribution in [3.63, 3.8) is 0 Å². The molecule has 1 rings (SSSR count). The average molecular weight is 253 g/mol. The molecule has 0 heterocycles. The van der Waals surface area contributed by atoms with E-state index in [-0.39, 0.29) is 11.4 Å². The molecule has 0 amide bonds. The lowest BCUT2D eigenvalue weighted by atomic mass is 10.1. The molecule has 0 spiro atoms. The van der Waals surface area contributed by atoms with Gasteiger partial charge in [-0.2, -0.15) is 5.26 Å². The van der Waals surface area contributed by atoms with Gasteiger partial charge in [-0.25, -0.2) is 13.1 Å². The van der Waals surface area contributed by atoms with E-state index in [1.54, 1.807) is 19.9 Å². The van der Waals surface area contributed by atoms with Crippen molar-refractivity contribution in [2.24, 2.45) is 5.73 Å². The zero-order chi connectivity index (χ0) is 13.1. The highest BCUT2D eigenvalue weighted by molar-refractivity contribution is 7.89. The molecule has 92 valence electrons. The second-order valence-corrected chi connectivity index (χ2v) is 6.22. The van der Waals surface area contributed by atoms with Gasteiger partial charge in [-0.3, -0.25) is 0 Å². The molecule has 0 radical (unpaired) electrons. The topological polar surface area (TPSA) is 96.0 Å². The van der Waals surface area contributed by atoms with Crippen LogP contribution in [0.3, 0.4) is 0 Å². The van der Waals surface area contributed by atoms with Crippen molar-refractivity contribution < 1.29 is 8.42 Å². The van der Waals surface area contributed by atoms with E-state index >= 15 is 0 Å². The summed E-state index contributed by atoms with van der Waals surface area (Å²) in [6.45, 7) is 3.58. The van der Waals surface area contributed by atoms with Gasteiger partial charge in [0.25, 0.3) is 0 Å². The first-order chi connectivity index (χ1) is 7.74. The molecule has 0 bridgehead atoms. The van der Waals surface area contributed by atoms with Gasteiger partial charge in [-0.1, -0.05) is 6.07 Å². The third-order valence-electron chi connectivity index (χ3n) is 1.99. The highest BCUT2D eigenvalue weighted by Gasteiger charge is 2.18. The number of nitriles is 1. The number of nitrogens with two attached hydrogens (primary N) is 1. The largest absolute Gasteiger partial charge is 0.324 e. The van der Waals surface area contributed by atoms with E-state index in [0.717, 1.165) is 0 Å². The number of nitrogens with one attached hydrogen (secondary N) is 1. The smallest absolute Gasteiger partial charge is 0.240 e. The van der Waals surface area contributed by atoms with Crippen molar-refractivity contribution in [1.82, 2.24) is 4.72 Å². The summed E-state index contributed by atoms with van der Waals surface area (Å²) in [6.07, 6.45) is 0. The van der Waals surface area contributed by atoms with E-state index in [1.807, 2.05) is 6.07 Å². The molecular formula is C11H15N3O2S. The summed E-state index contributed by atoms with van der Waals surface area (Å²) in [5, 5.41) is 8.70. The molecule has 0 fully saturated rings. The van der Waals surface area contributed by atoms with Crippen LogP contribution in [0.4, 0.5) is 0 Å². The molecule has 5 nitrogen and oxygen atoms in total. The minimum atomic E-state index is -3.61. The molecule has 0 saturated heterocycles. The van der Waals surface area contributed by atoms with E-state index in [1.165, 1.54) is 18.2 Å². The van der Waals surface area contributed by atoms with E-state index < -0.39 is 15.6 Å². The van der Waals surface area contributed by atoms with Gasteiger partial charge in [-0.05, 0) is 32.0 Å². The Morgan fingerprint density at radius 2 is 2.12 bits per heavy atom. The van der Waals surface area contributed by atoms with Gasteiger partial charge in [0.05, 0.1) is 16.5 Å². The van der Waals surface area contributed by atoms with Crippen molar-refractivity contribution in [2.45, 2.75) is 24.3 Å². The van der Waals surface area contributed by atoms with Gasteiger partial charge in [0.15, 0.2) is 0 Å². The van der Waals surface area contributed by atoms with Crippen LogP contribution >= 0.6 is 0 Å². The second-order valence-electron chi connectivity index (χ2n) is 4.45. The Kier molecular flexibility index (Phi) is 3.88. The molecule has 6 heteroatoms. The van der Waals surface area contributed by atoms with Gasteiger partial charge < -0.3 is 5.73 Å². The Bertz CT molecular complexity index is 539. The highest BCUT2D eigenvalue weighted by atomic mass is 32.2. The third-order valence-corrected chi connectivity index (χ3v) is 3.39. The Balaban J connectivity index is 2.94. The minimum absolute atomic E-state index is 0.0702. The first-order valence-corrected chi connectivity index (χ1v) is 6.52. The molecule has 1 aromatic carbocycles. The normalized spacial score (nSPS) is 12.1. The fourth-order valence-corrected chi connectivity index (χ4v) is 2.37. The van der Waals surface area contributed by atoms with Gasteiger partial charge in [0.1, 0.15) is 0 Å². The molecule has 1 aromatic rings. The van der Waals surface area contributed by atoms with Crippen molar-refractivity contribution >= 4 is 10.0 Å². The third kappa shape index (κ3) is 4.15. The maximum Gasteiger partial charge on any atom is 0.240 e. The zero-order valence-electron chi connectivity index (χ0n) is 9.77. The SMILES string of the molecule is CC(C)(N)CNS(=O)(=O)c1cccc(C#N)c1. The van der Waals surface area contributed by atoms with E-state index in [2.05, 4.69) is 4.72 Å². The van der Waals surface area contributed by atoms with Gasteiger partial charge >= 0.3 is 0 Å². The summed E-state index contributed by atoms with van der Waals surface area (Å²) >= 11 is 0. The van der Waals surface area contributed by atoms with Crippen LogP contribution in [-0.4, -0.2) is 20.5 Å². The molecule has 0 aliphatic rings. The minimum Gasteiger partial charge on any atom is -0.324 e. The molecule has 17 heavy (non-hydrogen) atoms. The lowest BCUT2D eigenvalue weighted by Gasteiger charge is -2.18. The predicted octanol–water partition coefficient (Wildman–Crippen LogP) is 0.574. The van der Waals surface area contributed by atoms with Crippen LogP contribution in [0.15, 0.2) is 29.2 Å². The quantitative estimate of drug-likeness (QED) is 0.820. The number of sulfonamides is 1. The highest BCUT2D eigenvalue weighted by Crippen LogP contribution is 2.11. The van der Waals surface area contributed by atoms with Crippen molar-refractivity contribution in [1.29, 1.82) is 5.26 Å². The van der Waals surface area contributed by atoms with Crippen LogP contribution in [0.2, 0.25) is 0 Å². The van der Waals surface area contributed by atoms with Crippen LogP contribution in [0, 0.1) is 11.3 Å². The predicted molar refractivity (Wildman–Crippen MR) is 64.6 cm³/mol. The summed E-state index contributed by atoms with van der Waals surface area (Å²) in [6, 6.07) is 7.73. The summed E-state index contributed by atoms with van der Waals surface area (Å²) in [5.74, 6) is 0. The Labute approximate surface area is 101 Å².